The number of carboxylic acid groups (broad SMARTS) is 1. The van der Waals surface area contributed by atoms with Crippen LogP contribution in [-0.4, -0.2) is 31.0 Å². The summed E-state index contributed by atoms with van der Waals surface area (Å²) in [4.78, 5) is 28.3. The van der Waals surface area contributed by atoms with E-state index < -0.39 is 17.1 Å². The van der Waals surface area contributed by atoms with Crippen molar-refractivity contribution >= 4 is 29.2 Å². The van der Waals surface area contributed by atoms with Crippen molar-refractivity contribution in [3.8, 4) is 0 Å². The first kappa shape index (κ1) is 10.3. The number of aromatic nitrogens is 3. The topological polar surface area (TPSA) is 108 Å². The number of nitrogens with one attached hydrogen (secondary N) is 1. The molecule has 0 aliphatic rings. The number of rotatable bonds is 1. The number of hydrogen-bond donors (Lipinski definition) is 3. The zero-order valence-corrected chi connectivity index (χ0v) is 8.48. The third-order valence-corrected chi connectivity index (χ3v) is 2.19. The van der Waals surface area contributed by atoms with Crippen molar-refractivity contribution in [2.24, 2.45) is 0 Å². The van der Waals surface area contributed by atoms with Crippen LogP contribution in [0, 0.1) is 4.77 Å². The molecule has 82 valence electrons. The number of aromatic carboxylic acids is 1. The summed E-state index contributed by atoms with van der Waals surface area (Å²) < 4.78 is 0.286. The van der Waals surface area contributed by atoms with Gasteiger partial charge in [-0.2, -0.15) is 0 Å². The molecule has 2 rings (SSSR count). The van der Waals surface area contributed by atoms with Gasteiger partial charge in [-0.3, -0.25) is 4.79 Å². The summed E-state index contributed by atoms with van der Waals surface area (Å²) in [5.41, 5.74) is -1.56. The van der Waals surface area contributed by atoms with Crippen molar-refractivity contribution in [2.45, 2.75) is 0 Å². The van der Waals surface area contributed by atoms with E-state index in [2.05, 4.69) is 9.97 Å². The van der Waals surface area contributed by atoms with Crippen molar-refractivity contribution < 1.29 is 15.1 Å². The number of aromatic amines is 1. The number of pyridine rings is 1. The number of H-pyrrole nitrogens is 1. The van der Waals surface area contributed by atoms with Crippen molar-refractivity contribution in [2.75, 3.05) is 0 Å². The van der Waals surface area contributed by atoms with Crippen LogP contribution in [0.5, 0.6) is 0 Å². The average Bonchev–Trinajstić information content (AvgIpc) is 2.23. The van der Waals surface area contributed by atoms with Gasteiger partial charge in [0, 0.05) is 11.6 Å². The first-order valence-corrected chi connectivity index (χ1v) is 4.49. The van der Waals surface area contributed by atoms with E-state index in [4.69, 9.17) is 17.3 Å². The van der Waals surface area contributed by atoms with Gasteiger partial charge >= 0.3 is 5.97 Å². The van der Waals surface area contributed by atoms with Crippen molar-refractivity contribution in [1.29, 1.82) is 0 Å². The lowest BCUT2D eigenvalue weighted by Crippen LogP contribution is -2.25. The van der Waals surface area contributed by atoms with Crippen LogP contribution in [0.4, 0.5) is 0 Å². The van der Waals surface area contributed by atoms with E-state index in [1.807, 2.05) is 0 Å². The highest BCUT2D eigenvalue weighted by Gasteiger charge is 2.14. The van der Waals surface area contributed by atoms with Gasteiger partial charge in [0.1, 0.15) is 5.56 Å². The van der Waals surface area contributed by atoms with Crippen LogP contribution in [0.15, 0.2) is 17.1 Å². The number of nitrogens with zero attached hydrogens (tertiary/aromatic N) is 2. The van der Waals surface area contributed by atoms with E-state index >= 15 is 0 Å². The van der Waals surface area contributed by atoms with Gasteiger partial charge in [-0.15, -0.1) is 4.73 Å². The van der Waals surface area contributed by atoms with E-state index in [0.717, 1.165) is 6.07 Å². The van der Waals surface area contributed by atoms with Gasteiger partial charge in [0.05, 0.1) is 0 Å². The highest BCUT2D eigenvalue weighted by atomic mass is 32.1. The van der Waals surface area contributed by atoms with E-state index in [9.17, 15) is 14.8 Å². The fourth-order valence-corrected chi connectivity index (χ4v) is 1.41. The Hall–Kier alpha value is -2.22. The van der Waals surface area contributed by atoms with Crippen LogP contribution in [0.1, 0.15) is 10.4 Å². The summed E-state index contributed by atoms with van der Waals surface area (Å²) in [5, 5.41) is 18.4. The molecule has 0 aromatic carbocycles. The van der Waals surface area contributed by atoms with E-state index in [1.165, 1.54) is 6.20 Å². The molecule has 0 unspecified atom stereocenters. The van der Waals surface area contributed by atoms with E-state index in [1.54, 1.807) is 0 Å². The minimum absolute atomic E-state index is 0.00926. The van der Waals surface area contributed by atoms with E-state index in [-0.39, 0.29) is 20.5 Å². The summed E-state index contributed by atoms with van der Waals surface area (Å²) in [5.74, 6) is -1.42. The molecule has 0 fully saturated rings. The van der Waals surface area contributed by atoms with Gasteiger partial charge in [0.2, 0.25) is 0 Å². The highest BCUT2D eigenvalue weighted by Crippen LogP contribution is 2.08. The molecule has 0 radical (unpaired) electrons. The van der Waals surface area contributed by atoms with Crippen molar-refractivity contribution in [3.05, 3.63) is 33.0 Å². The van der Waals surface area contributed by atoms with Gasteiger partial charge < -0.3 is 15.3 Å². The molecule has 2 heterocycles. The maximum atomic E-state index is 11.4. The molecule has 2 aromatic heterocycles. The van der Waals surface area contributed by atoms with Crippen LogP contribution in [0.3, 0.4) is 0 Å². The van der Waals surface area contributed by atoms with Crippen LogP contribution >= 0.6 is 12.2 Å². The Kier molecular flexibility index (Phi) is 2.20. The van der Waals surface area contributed by atoms with Gasteiger partial charge in [0.25, 0.3) is 5.56 Å². The summed E-state index contributed by atoms with van der Waals surface area (Å²) in [7, 11) is 0. The van der Waals surface area contributed by atoms with Crippen LogP contribution in [0.25, 0.3) is 11.0 Å². The molecule has 0 saturated heterocycles. The molecule has 8 heteroatoms. The number of carboxylic acids is 1. The molecule has 7 nitrogen and oxygen atoms in total. The Bertz CT molecular complexity index is 702. The Balaban J connectivity index is 2.99. The first-order chi connectivity index (χ1) is 7.50. The molecular weight excluding hydrogens is 234 g/mol. The van der Waals surface area contributed by atoms with Gasteiger partial charge in [-0.25, -0.2) is 9.78 Å². The zero-order chi connectivity index (χ0) is 11.9. The molecule has 16 heavy (non-hydrogen) atoms. The molecule has 0 spiro atoms. The Morgan fingerprint density at radius 1 is 1.56 bits per heavy atom. The van der Waals surface area contributed by atoms with Gasteiger partial charge in [0.15, 0.2) is 10.4 Å². The zero-order valence-electron chi connectivity index (χ0n) is 7.67. The monoisotopic (exact) mass is 239 g/mol. The second kappa shape index (κ2) is 3.42. The smallest absolute Gasteiger partial charge is 0.341 e. The number of hydrogen-bond acceptors (Lipinski definition) is 5. The lowest BCUT2D eigenvalue weighted by Gasteiger charge is -2.03. The maximum Gasteiger partial charge on any atom is 0.341 e. The number of carbonyl (C=O) groups is 1. The van der Waals surface area contributed by atoms with Gasteiger partial charge in [-0.05, 0) is 18.3 Å². The molecule has 0 saturated carbocycles. The molecular formula is C8H5N3O4S. The Morgan fingerprint density at radius 2 is 2.25 bits per heavy atom. The lowest BCUT2D eigenvalue weighted by atomic mass is 10.2. The molecule has 0 aliphatic heterocycles. The second-order valence-corrected chi connectivity index (χ2v) is 3.36. The normalized spacial score (nSPS) is 10.5. The predicted octanol–water partition coefficient (Wildman–Crippen LogP) is 0.390. The predicted molar refractivity (Wildman–Crippen MR) is 55.3 cm³/mol. The summed E-state index contributed by atoms with van der Waals surface area (Å²) >= 11 is 4.72. The molecule has 0 atom stereocenters. The SMILES string of the molecule is O=C(O)c1cc2cnc(=S)[nH]c2n(O)c1=O. The minimum atomic E-state index is -1.42. The molecule has 3 N–H and O–H groups in total. The summed E-state index contributed by atoms with van der Waals surface area (Å²) in [6.45, 7) is 0. The largest absolute Gasteiger partial charge is 0.477 e. The summed E-state index contributed by atoms with van der Waals surface area (Å²) in [6, 6.07) is 1.12. The quantitative estimate of drug-likeness (QED) is 0.490. The molecule has 0 aliphatic carbocycles. The van der Waals surface area contributed by atoms with Crippen LogP contribution < -0.4 is 5.56 Å². The molecule has 2 aromatic rings. The number of fused-ring (bicyclic) bond motifs is 1. The fraction of sp³-hybridized carbons (Fsp3) is 0. The maximum absolute atomic E-state index is 11.4. The first-order valence-electron chi connectivity index (χ1n) is 4.08. The standard InChI is InChI=1S/C8H5N3O4S/c12-6-4(7(13)14)1-3-2-9-8(16)10-5(3)11(6)15/h1-2,15H,(H,13,14)(H,9,10,16). The summed E-state index contributed by atoms with van der Waals surface area (Å²) in [6.07, 6.45) is 1.27. The van der Waals surface area contributed by atoms with Gasteiger partial charge in [-0.1, -0.05) is 0 Å². The second-order valence-electron chi connectivity index (χ2n) is 2.97. The average molecular weight is 239 g/mol. The molecule has 0 amide bonds. The van der Waals surface area contributed by atoms with Crippen molar-refractivity contribution in [1.82, 2.24) is 14.7 Å². The molecule has 0 bridgehead atoms. The lowest BCUT2D eigenvalue weighted by molar-refractivity contribution is 0.0689. The third kappa shape index (κ3) is 1.44. The van der Waals surface area contributed by atoms with Crippen LogP contribution in [-0.2, 0) is 0 Å². The Morgan fingerprint density at radius 3 is 2.88 bits per heavy atom. The fourth-order valence-electron chi connectivity index (χ4n) is 1.26. The third-order valence-electron chi connectivity index (χ3n) is 1.98. The Labute approximate surface area is 92.6 Å². The minimum Gasteiger partial charge on any atom is -0.477 e. The van der Waals surface area contributed by atoms with Crippen molar-refractivity contribution in [3.63, 3.8) is 0 Å². The highest BCUT2D eigenvalue weighted by molar-refractivity contribution is 7.71. The van der Waals surface area contributed by atoms with E-state index in [0.29, 0.717) is 0 Å². The van der Waals surface area contributed by atoms with Crippen LogP contribution in [0.2, 0.25) is 0 Å².